The molecular weight excluding hydrogens is 594 g/mol. The molecule has 10 heteroatoms. The molecule has 47 heavy (non-hydrogen) atoms. The van der Waals surface area contributed by atoms with Crippen LogP contribution in [0.1, 0.15) is 70.8 Å². The van der Waals surface area contributed by atoms with Crippen LogP contribution in [-0.4, -0.2) is 74.8 Å². The standard InChI is InChI=1S/C37H43N5O5/c1-4-6-19-40(18-5-2)37(46)33-20-26(3)42(39-33)34-17-16-29(38-35(44)25-47-31-14-8-7-9-15-31)22-32(34)36(45)41-23-28-13-11-10-12-27(28)21-30(41)24-43/h7-17,20,22,30,43H,4-6,18-19,21,23-25H2,1-3H3,(H,38,44)/t30-/m0/s1. The van der Waals surface area contributed by atoms with Crippen molar-refractivity contribution in [2.45, 2.75) is 59.0 Å². The Hall–Kier alpha value is -4.96. The lowest BCUT2D eigenvalue weighted by molar-refractivity contribution is -0.118. The van der Waals surface area contributed by atoms with E-state index in [1.165, 1.54) is 0 Å². The molecule has 1 atom stereocenters. The third-order valence-corrected chi connectivity index (χ3v) is 8.35. The highest BCUT2D eigenvalue weighted by Gasteiger charge is 2.32. The molecule has 3 aromatic carbocycles. The number of rotatable bonds is 13. The lowest BCUT2D eigenvalue weighted by Gasteiger charge is -2.36. The number of para-hydroxylation sites is 1. The van der Waals surface area contributed by atoms with Gasteiger partial charge in [0.05, 0.1) is 23.9 Å². The first kappa shape index (κ1) is 33.4. The van der Waals surface area contributed by atoms with E-state index in [9.17, 15) is 19.5 Å². The number of amides is 3. The van der Waals surface area contributed by atoms with Crippen LogP contribution in [0.2, 0.25) is 0 Å². The molecule has 246 valence electrons. The summed E-state index contributed by atoms with van der Waals surface area (Å²) in [7, 11) is 0. The summed E-state index contributed by atoms with van der Waals surface area (Å²) in [5.41, 5.74) is 4.27. The van der Waals surface area contributed by atoms with Crippen molar-refractivity contribution in [2.24, 2.45) is 0 Å². The van der Waals surface area contributed by atoms with Gasteiger partial charge in [0.1, 0.15) is 5.75 Å². The van der Waals surface area contributed by atoms with Crippen LogP contribution in [0.25, 0.3) is 5.69 Å². The van der Waals surface area contributed by atoms with Gasteiger partial charge in [0.2, 0.25) is 0 Å². The van der Waals surface area contributed by atoms with E-state index in [4.69, 9.17) is 9.84 Å². The van der Waals surface area contributed by atoms with Crippen molar-refractivity contribution in [3.8, 4) is 11.4 Å². The van der Waals surface area contributed by atoms with Crippen LogP contribution in [-0.2, 0) is 17.8 Å². The number of aliphatic hydroxyl groups excluding tert-OH is 1. The second-order valence-corrected chi connectivity index (χ2v) is 11.9. The summed E-state index contributed by atoms with van der Waals surface area (Å²) < 4.78 is 7.22. The number of fused-ring (bicyclic) bond motifs is 1. The summed E-state index contributed by atoms with van der Waals surface area (Å²) in [4.78, 5) is 44.3. The van der Waals surface area contributed by atoms with Crippen molar-refractivity contribution in [3.05, 3.63) is 107 Å². The maximum absolute atomic E-state index is 14.4. The monoisotopic (exact) mass is 637 g/mol. The number of nitrogens with one attached hydrogen (secondary N) is 1. The van der Waals surface area contributed by atoms with Gasteiger partial charge in [0.15, 0.2) is 12.3 Å². The van der Waals surface area contributed by atoms with Crippen molar-refractivity contribution in [1.29, 1.82) is 0 Å². The van der Waals surface area contributed by atoms with E-state index in [-0.39, 0.29) is 36.5 Å². The third kappa shape index (κ3) is 7.89. The first-order valence-corrected chi connectivity index (χ1v) is 16.3. The lowest BCUT2D eigenvalue weighted by Crippen LogP contribution is -2.46. The summed E-state index contributed by atoms with van der Waals surface area (Å²) >= 11 is 0. The molecule has 3 amide bonds. The normalized spacial score (nSPS) is 14.0. The molecule has 5 rings (SSSR count). The van der Waals surface area contributed by atoms with E-state index < -0.39 is 6.04 Å². The van der Waals surface area contributed by atoms with Crippen LogP contribution in [0.3, 0.4) is 0 Å². The molecule has 0 bridgehead atoms. The number of hydrogen-bond acceptors (Lipinski definition) is 6. The van der Waals surface area contributed by atoms with Crippen LogP contribution in [0.5, 0.6) is 5.75 Å². The Balaban J connectivity index is 1.49. The number of ether oxygens (including phenoxy) is 1. The summed E-state index contributed by atoms with van der Waals surface area (Å²) in [5.74, 6) is -0.277. The van der Waals surface area contributed by atoms with Gasteiger partial charge >= 0.3 is 0 Å². The van der Waals surface area contributed by atoms with Crippen molar-refractivity contribution in [3.63, 3.8) is 0 Å². The van der Waals surface area contributed by atoms with Gasteiger partial charge in [-0.1, -0.05) is 62.7 Å². The van der Waals surface area contributed by atoms with Gasteiger partial charge in [-0.3, -0.25) is 14.4 Å². The van der Waals surface area contributed by atoms with Crippen LogP contribution in [0, 0.1) is 6.92 Å². The van der Waals surface area contributed by atoms with Crippen molar-refractivity contribution in [1.82, 2.24) is 19.6 Å². The highest BCUT2D eigenvalue weighted by atomic mass is 16.5. The fourth-order valence-corrected chi connectivity index (χ4v) is 5.89. The predicted molar refractivity (Wildman–Crippen MR) is 181 cm³/mol. The van der Waals surface area contributed by atoms with E-state index in [1.54, 1.807) is 46.0 Å². The molecule has 0 saturated heterocycles. The van der Waals surface area contributed by atoms with E-state index in [1.807, 2.05) is 61.2 Å². The lowest BCUT2D eigenvalue weighted by atomic mass is 9.93. The van der Waals surface area contributed by atoms with Crippen LogP contribution in [0.15, 0.2) is 78.9 Å². The molecule has 1 aromatic heterocycles. The zero-order chi connectivity index (χ0) is 33.3. The molecule has 0 radical (unpaired) electrons. The minimum absolute atomic E-state index is 0.148. The number of carbonyl (C=O) groups is 3. The van der Waals surface area contributed by atoms with E-state index in [0.29, 0.717) is 54.6 Å². The van der Waals surface area contributed by atoms with Gasteiger partial charge in [-0.15, -0.1) is 0 Å². The van der Waals surface area contributed by atoms with Gasteiger partial charge in [0, 0.05) is 31.0 Å². The Morgan fingerprint density at radius 3 is 2.43 bits per heavy atom. The Morgan fingerprint density at radius 2 is 1.70 bits per heavy atom. The molecule has 2 N–H and O–H groups in total. The molecule has 0 unspecified atom stereocenters. The summed E-state index contributed by atoms with van der Waals surface area (Å²) in [6.07, 6.45) is 3.23. The number of hydrogen-bond donors (Lipinski definition) is 2. The number of aromatic nitrogens is 2. The molecule has 10 nitrogen and oxygen atoms in total. The largest absolute Gasteiger partial charge is 0.484 e. The Kier molecular flexibility index (Phi) is 11.1. The number of aryl methyl sites for hydroxylation is 1. The molecule has 0 saturated carbocycles. The minimum Gasteiger partial charge on any atom is -0.484 e. The van der Waals surface area contributed by atoms with Crippen molar-refractivity contribution >= 4 is 23.4 Å². The van der Waals surface area contributed by atoms with Crippen molar-refractivity contribution in [2.75, 3.05) is 31.6 Å². The second kappa shape index (κ2) is 15.6. The minimum atomic E-state index is -0.431. The van der Waals surface area contributed by atoms with Gasteiger partial charge in [0.25, 0.3) is 17.7 Å². The van der Waals surface area contributed by atoms with Crippen LogP contribution >= 0.6 is 0 Å². The number of aliphatic hydroxyl groups is 1. The van der Waals surface area contributed by atoms with E-state index in [2.05, 4.69) is 12.2 Å². The average Bonchev–Trinajstić information content (AvgIpc) is 3.49. The molecule has 4 aromatic rings. The van der Waals surface area contributed by atoms with Gasteiger partial charge < -0.3 is 25.0 Å². The number of benzene rings is 3. The quantitative estimate of drug-likeness (QED) is 0.203. The molecule has 1 aliphatic rings. The molecule has 0 aliphatic carbocycles. The molecule has 1 aliphatic heterocycles. The Bertz CT molecular complexity index is 1700. The molecular formula is C37H43N5O5. The van der Waals surface area contributed by atoms with E-state index in [0.717, 1.165) is 30.4 Å². The number of carbonyl (C=O) groups excluding carboxylic acids is 3. The first-order chi connectivity index (χ1) is 22.8. The first-order valence-electron chi connectivity index (χ1n) is 16.3. The topological polar surface area (TPSA) is 117 Å². The van der Waals surface area contributed by atoms with Crippen LogP contribution < -0.4 is 10.1 Å². The Labute approximate surface area is 276 Å². The summed E-state index contributed by atoms with van der Waals surface area (Å²) in [5, 5.41) is 17.9. The highest BCUT2D eigenvalue weighted by molar-refractivity contribution is 6.01. The van der Waals surface area contributed by atoms with Crippen molar-refractivity contribution < 1.29 is 24.2 Å². The SMILES string of the molecule is CCCCN(CCC)C(=O)c1cc(C)n(-c2ccc(NC(=O)COc3ccccc3)cc2C(=O)N2Cc3ccccc3C[C@H]2CO)n1. The molecule has 2 heterocycles. The van der Waals surface area contributed by atoms with Gasteiger partial charge in [-0.2, -0.15) is 5.10 Å². The smallest absolute Gasteiger partial charge is 0.274 e. The fraction of sp³-hybridized carbons (Fsp3) is 0.351. The zero-order valence-electron chi connectivity index (χ0n) is 27.3. The predicted octanol–water partition coefficient (Wildman–Crippen LogP) is 5.41. The highest BCUT2D eigenvalue weighted by Crippen LogP contribution is 2.29. The maximum Gasteiger partial charge on any atom is 0.274 e. The third-order valence-electron chi connectivity index (χ3n) is 8.35. The Morgan fingerprint density at radius 1 is 0.957 bits per heavy atom. The number of anilines is 1. The molecule has 0 spiro atoms. The molecule has 0 fully saturated rings. The fourth-order valence-electron chi connectivity index (χ4n) is 5.89. The summed E-state index contributed by atoms with van der Waals surface area (Å²) in [6, 6.07) is 23.3. The maximum atomic E-state index is 14.4. The number of nitrogens with zero attached hydrogens (tertiary/aromatic N) is 4. The van der Waals surface area contributed by atoms with E-state index >= 15 is 0 Å². The average molecular weight is 638 g/mol. The zero-order valence-corrected chi connectivity index (χ0v) is 27.3. The van der Waals surface area contributed by atoms with Gasteiger partial charge in [-0.05, 0) is 73.7 Å². The van der Waals surface area contributed by atoms with Gasteiger partial charge in [-0.25, -0.2) is 4.68 Å². The number of unbranched alkanes of at least 4 members (excludes halogenated alkanes) is 1. The van der Waals surface area contributed by atoms with Crippen LogP contribution in [0.4, 0.5) is 5.69 Å². The summed E-state index contributed by atoms with van der Waals surface area (Å²) in [6.45, 7) is 7.19. The second-order valence-electron chi connectivity index (χ2n) is 11.9.